The number of carbonyl (C=O) groups is 2. The first-order chi connectivity index (χ1) is 10.1. The number of aromatic nitrogens is 3. The zero-order chi connectivity index (χ0) is 15.2. The van der Waals surface area contributed by atoms with E-state index in [0.29, 0.717) is 38.3 Å². The highest BCUT2D eigenvalue weighted by molar-refractivity contribution is 7.99. The van der Waals surface area contributed by atoms with Gasteiger partial charge in [0.05, 0.1) is 18.3 Å². The number of amides is 1. The molecular formula is C13H20N4O3S. The molecule has 1 aliphatic rings. The van der Waals surface area contributed by atoms with Gasteiger partial charge in [-0.2, -0.15) is 0 Å². The predicted molar refractivity (Wildman–Crippen MR) is 77.7 cm³/mol. The van der Waals surface area contributed by atoms with Crippen LogP contribution >= 0.6 is 11.8 Å². The quantitative estimate of drug-likeness (QED) is 0.588. The van der Waals surface area contributed by atoms with Gasteiger partial charge >= 0.3 is 5.97 Å². The van der Waals surface area contributed by atoms with Crippen molar-refractivity contribution in [3.63, 3.8) is 0 Å². The molecule has 1 aliphatic heterocycles. The van der Waals surface area contributed by atoms with E-state index in [1.807, 2.05) is 7.05 Å². The summed E-state index contributed by atoms with van der Waals surface area (Å²) >= 11 is 1.38. The standard InChI is InChI=1S/C13H20N4O3S/c1-3-20-12(19)10-4-6-17(7-5-10)11(18)8-21-13-15-14-9-16(13)2/h9-10H,3-8H2,1-2H3. The molecule has 0 saturated carbocycles. The monoisotopic (exact) mass is 312 g/mol. The number of ether oxygens (including phenoxy) is 1. The molecule has 1 saturated heterocycles. The minimum atomic E-state index is -0.141. The highest BCUT2D eigenvalue weighted by Gasteiger charge is 2.28. The van der Waals surface area contributed by atoms with Crippen LogP contribution in [0.25, 0.3) is 0 Å². The molecule has 0 spiro atoms. The maximum absolute atomic E-state index is 12.1. The van der Waals surface area contributed by atoms with E-state index in [2.05, 4.69) is 10.2 Å². The predicted octanol–water partition coefficient (Wildman–Crippen LogP) is 0.709. The van der Waals surface area contributed by atoms with Gasteiger partial charge in [0.15, 0.2) is 5.16 Å². The first-order valence-electron chi connectivity index (χ1n) is 7.03. The molecule has 116 valence electrons. The van der Waals surface area contributed by atoms with E-state index in [1.165, 1.54) is 11.8 Å². The molecule has 1 aromatic heterocycles. The summed E-state index contributed by atoms with van der Waals surface area (Å²) < 4.78 is 6.80. The zero-order valence-electron chi connectivity index (χ0n) is 12.3. The molecule has 0 atom stereocenters. The second-order valence-electron chi connectivity index (χ2n) is 4.92. The molecule has 0 unspecified atom stereocenters. The van der Waals surface area contributed by atoms with Crippen LogP contribution in [0.15, 0.2) is 11.5 Å². The maximum atomic E-state index is 12.1. The van der Waals surface area contributed by atoms with Gasteiger partial charge < -0.3 is 14.2 Å². The van der Waals surface area contributed by atoms with Crippen molar-refractivity contribution in [3.8, 4) is 0 Å². The minimum absolute atomic E-state index is 0.0691. The summed E-state index contributed by atoms with van der Waals surface area (Å²) in [5.41, 5.74) is 0. The zero-order valence-corrected chi connectivity index (χ0v) is 13.1. The Morgan fingerprint density at radius 2 is 2.14 bits per heavy atom. The number of hydrogen-bond donors (Lipinski definition) is 0. The molecule has 0 radical (unpaired) electrons. The molecule has 1 fully saturated rings. The van der Waals surface area contributed by atoms with Crippen LogP contribution < -0.4 is 0 Å². The molecule has 2 heterocycles. The van der Waals surface area contributed by atoms with Crippen molar-refractivity contribution in [3.05, 3.63) is 6.33 Å². The Labute approximate surface area is 128 Å². The average Bonchev–Trinajstić information content (AvgIpc) is 2.90. The van der Waals surface area contributed by atoms with E-state index in [-0.39, 0.29) is 17.8 Å². The van der Waals surface area contributed by atoms with Gasteiger partial charge in [-0.25, -0.2) is 0 Å². The topological polar surface area (TPSA) is 77.3 Å². The lowest BCUT2D eigenvalue weighted by molar-refractivity contribution is -0.151. The smallest absolute Gasteiger partial charge is 0.309 e. The number of carbonyl (C=O) groups excluding carboxylic acids is 2. The fraction of sp³-hybridized carbons (Fsp3) is 0.692. The Balaban J connectivity index is 1.75. The van der Waals surface area contributed by atoms with Crippen LogP contribution in [0.5, 0.6) is 0 Å². The summed E-state index contributed by atoms with van der Waals surface area (Å²) in [6.07, 6.45) is 2.97. The second-order valence-corrected chi connectivity index (χ2v) is 5.86. The van der Waals surface area contributed by atoms with Gasteiger partial charge in [0.1, 0.15) is 6.33 Å². The van der Waals surface area contributed by atoms with Gasteiger partial charge in [0.2, 0.25) is 5.91 Å². The second kappa shape index (κ2) is 7.44. The van der Waals surface area contributed by atoms with Crippen molar-refractivity contribution in [1.29, 1.82) is 0 Å². The first-order valence-corrected chi connectivity index (χ1v) is 8.01. The fourth-order valence-electron chi connectivity index (χ4n) is 2.25. The summed E-state index contributed by atoms with van der Waals surface area (Å²) in [7, 11) is 1.84. The average molecular weight is 312 g/mol. The van der Waals surface area contributed by atoms with Crippen LogP contribution in [-0.2, 0) is 21.4 Å². The Morgan fingerprint density at radius 3 is 2.71 bits per heavy atom. The Bertz CT molecular complexity index is 497. The van der Waals surface area contributed by atoms with Gasteiger partial charge in [-0.15, -0.1) is 10.2 Å². The molecule has 1 aromatic rings. The van der Waals surface area contributed by atoms with E-state index >= 15 is 0 Å². The minimum Gasteiger partial charge on any atom is -0.466 e. The number of likely N-dealkylation sites (tertiary alicyclic amines) is 1. The number of thioether (sulfide) groups is 1. The Morgan fingerprint density at radius 1 is 1.43 bits per heavy atom. The molecule has 7 nitrogen and oxygen atoms in total. The molecule has 21 heavy (non-hydrogen) atoms. The molecule has 8 heteroatoms. The lowest BCUT2D eigenvalue weighted by Crippen LogP contribution is -2.41. The molecular weight excluding hydrogens is 292 g/mol. The maximum Gasteiger partial charge on any atom is 0.309 e. The van der Waals surface area contributed by atoms with Gasteiger partial charge in [-0.1, -0.05) is 11.8 Å². The Hall–Kier alpha value is -1.57. The van der Waals surface area contributed by atoms with Gasteiger partial charge in [-0.3, -0.25) is 9.59 Å². The largest absolute Gasteiger partial charge is 0.466 e. The number of rotatable bonds is 5. The van der Waals surface area contributed by atoms with Crippen molar-refractivity contribution < 1.29 is 14.3 Å². The van der Waals surface area contributed by atoms with Crippen LogP contribution in [0.2, 0.25) is 0 Å². The van der Waals surface area contributed by atoms with Gasteiger partial charge in [-0.05, 0) is 19.8 Å². The molecule has 0 N–H and O–H groups in total. The van der Waals surface area contributed by atoms with E-state index in [4.69, 9.17) is 4.74 Å². The molecule has 0 aromatic carbocycles. The van der Waals surface area contributed by atoms with E-state index in [9.17, 15) is 9.59 Å². The summed E-state index contributed by atoms with van der Waals surface area (Å²) in [5, 5.41) is 8.43. The normalized spacial score (nSPS) is 16.0. The van der Waals surface area contributed by atoms with Crippen LogP contribution in [0.4, 0.5) is 0 Å². The summed E-state index contributed by atoms with van der Waals surface area (Å²) in [5.74, 6) is 0.208. The van der Waals surface area contributed by atoms with E-state index in [0.717, 1.165) is 5.16 Å². The van der Waals surface area contributed by atoms with Crippen molar-refractivity contribution >= 4 is 23.6 Å². The third kappa shape index (κ3) is 4.20. The van der Waals surface area contributed by atoms with Crippen LogP contribution in [0.1, 0.15) is 19.8 Å². The van der Waals surface area contributed by atoms with Crippen molar-refractivity contribution in [2.24, 2.45) is 13.0 Å². The molecule has 0 bridgehead atoms. The number of hydrogen-bond acceptors (Lipinski definition) is 6. The fourth-order valence-corrected chi connectivity index (χ4v) is 3.04. The Kier molecular flexibility index (Phi) is 5.60. The third-order valence-corrected chi connectivity index (χ3v) is 4.48. The highest BCUT2D eigenvalue weighted by Crippen LogP contribution is 2.20. The van der Waals surface area contributed by atoms with Crippen LogP contribution in [-0.4, -0.2) is 57.0 Å². The lowest BCUT2D eigenvalue weighted by Gasteiger charge is -2.30. The van der Waals surface area contributed by atoms with Crippen molar-refractivity contribution in [2.75, 3.05) is 25.4 Å². The number of esters is 1. The lowest BCUT2D eigenvalue weighted by atomic mass is 9.97. The third-order valence-electron chi connectivity index (χ3n) is 3.46. The number of piperidine rings is 1. The summed E-state index contributed by atoms with van der Waals surface area (Å²) in [6, 6.07) is 0. The number of aryl methyl sites for hydroxylation is 1. The van der Waals surface area contributed by atoms with E-state index < -0.39 is 0 Å². The van der Waals surface area contributed by atoms with Crippen LogP contribution in [0.3, 0.4) is 0 Å². The van der Waals surface area contributed by atoms with Gasteiger partial charge in [0.25, 0.3) is 0 Å². The SMILES string of the molecule is CCOC(=O)C1CCN(C(=O)CSc2nncn2C)CC1. The van der Waals surface area contributed by atoms with Crippen molar-refractivity contribution in [2.45, 2.75) is 24.9 Å². The van der Waals surface area contributed by atoms with E-state index in [1.54, 1.807) is 22.7 Å². The molecule has 2 rings (SSSR count). The first kappa shape index (κ1) is 15.8. The van der Waals surface area contributed by atoms with Crippen LogP contribution in [0, 0.1) is 5.92 Å². The summed E-state index contributed by atoms with van der Waals surface area (Å²) in [4.78, 5) is 25.6. The highest BCUT2D eigenvalue weighted by atomic mass is 32.2. The molecule has 0 aliphatic carbocycles. The molecule has 1 amide bonds. The summed E-state index contributed by atoms with van der Waals surface area (Å²) in [6.45, 7) is 3.44. The van der Waals surface area contributed by atoms with Crippen molar-refractivity contribution in [1.82, 2.24) is 19.7 Å². The van der Waals surface area contributed by atoms with Gasteiger partial charge in [0, 0.05) is 20.1 Å². The number of nitrogens with zero attached hydrogens (tertiary/aromatic N) is 4.